The summed E-state index contributed by atoms with van der Waals surface area (Å²) in [4.78, 5) is 51.4. The number of amides is 3. The molecule has 0 fully saturated rings. The first-order valence-electron chi connectivity index (χ1n) is 9.98. The molecule has 0 saturated heterocycles. The summed E-state index contributed by atoms with van der Waals surface area (Å²) in [7, 11) is 1.57. The van der Waals surface area contributed by atoms with Gasteiger partial charge in [-0.1, -0.05) is 24.3 Å². The number of thioether (sulfide) groups is 1. The van der Waals surface area contributed by atoms with Crippen LogP contribution in [0.2, 0.25) is 0 Å². The molecule has 3 amide bonds. The molecule has 1 aliphatic heterocycles. The SMILES string of the molecule is COc1ccc(CNC(=O)COC(=O)[C@H](CCSC)N2C(=O)c3ccccc3C2=O)cc1. The number of hydrogen-bond acceptors (Lipinski definition) is 7. The Morgan fingerprint density at radius 2 is 1.66 bits per heavy atom. The number of fused-ring (bicyclic) bond motifs is 1. The van der Waals surface area contributed by atoms with Gasteiger partial charge in [-0.05, 0) is 48.3 Å². The minimum Gasteiger partial charge on any atom is -0.497 e. The zero-order valence-corrected chi connectivity index (χ0v) is 18.6. The molecule has 0 spiro atoms. The second-order valence-electron chi connectivity index (χ2n) is 7.06. The van der Waals surface area contributed by atoms with Crippen LogP contribution in [0.5, 0.6) is 5.75 Å². The second kappa shape index (κ2) is 10.8. The number of imide groups is 1. The third kappa shape index (κ3) is 5.28. The number of nitrogens with one attached hydrogen (secondary N) is 1. The maximum atomic E-state index is 12.8. The number of esters is 1. The lowest BCUT2D eigenvalue weighted by molar-refractivity contribution is -0.152. The monoisotopic (exact) mass is 456 g/mol. The van der Waals surface area contributed by atoms with E-state index in [4.69, 9.17) is 9.47 Å². The van der Waals surface area contributed by atoms with Gasteiger partial charge in [0.25, 0.3) is 17.7 Å². The molecular weight excluding hydrogens is 432 g/mol. The van der Waals surface area contributed by atoms with E-state index in [9.17, 15) is 19.2 Å². The van der Waals surface area contributed by atoms with Gasteiger partial charge < -0.3 is 14.8 Å². The molecule has 1 aliphatic rings. The molecular formula is C23H24N2O6S. The fourth-order valence-corrected chi connectivity index (χ4v) is 3.76. The number of methoxy groups -OCH3 is 1. The fourth-order valence-electron chi connectivity index (χ4n) is 3.30. The molecule has 9 heteroatoms. The summed E-state index contributed by atoms with van der Waals surface area (Å²) < 4.78 is 10.3. The van der Waals surface area contributed by atoms with Gasteiger partial charge in [0.05, 0.1) is 18.2 Å². The normalized spacial score (nSPS) is 13.5. The zero-order valence-electron chi connectivity index (χ0n) is 17.8. The van der Waals surface area contributed by atoms with E-state index in [1.165, 1.54) is 11.8 Å². The summed E-state index contributed by atoms with van der Waals surface area (Å²) in [6.45, 7) is -0.247. The van der Waals surface area contributed by atoms with E-state index in [1.54, 1.807) is 43.5 Å². The maximum Gasteiger partial charge on any atom is 0.329 e. The highest BCUT2D eigenvalue weighted by atomic mass is 32.2. The van der Waals surface area contributed by atoms with Crippen LogP contribution in [0.1, 0.15) is 32.7 Å². The summed E-state index contributed by atoms with van der Waals surface area (Å²) in [5.41, 5.74) is 1.38. The van der Waals surface area contributed by atoms with Crippen molar-refractivity contribution in [3.8, 4) is 5.75 Å². The molecule has 1 N–H and O–H groups in total. The predicted molar refractivity (Wildman–Crippen MR) is 120 cm³/mol. The Morgan fingerprint density at radius 3 is 2.22 bits per heavy atom. The summed E-state index contributed by atoms with van der Waals surface area (Å²) in [5.74, 6) is -1.08. The summed E-state index contributed by atoms with van der Waals surface area (Å²) in [6, 6.07) is 12.5. The molecule has 2 aromatic rings. The van der Waals surface area contributed by atoms with Crippen LogP contribution in [0.3, 0.4) is 0 Å². The Bertz CT molecular complexity index is 973. The molecule has 0 radical (unpaired) electrons. The van der Waals surface area contributed by atoms with Crippen molar-refractivity contribution in [3.05, 3.63) is 65.2 Å². The molecule has 0 unspecified atom stereocenters. The average Bonchev–Trinajstić information content (AvgIpc) is 3.07. The Morgan fingerprint density at radius 1 is 1.03 bits per heavy atom. The number of ether oxygens (including phenoxy) is 2. The Kier molecular flexibility index (Phi) is 7.88. The van der Waals surface area contributed by atoms with Crippen molar-refractivity contribution in [2.45, 2.75) is 19.0 Å². The molecule has 0 aliphatic carbocycles. The van der Waals surface area contributed by atoms with Crippen molar-refractivity contribution < 1.29 is 28.7 Å². The molecule has 1 atom stereocenters. The predicted octanol–water partition coefficient (Wildman–Crippen LogP) is 2.27. The Hall–Kier alpha value is -3.33. The number of benzene rings is 2. The standard InChI is InChI=1S/C23H24N2O6S/c1-30-16-9-7-15(8-10-16)13-24-20(26)14-31-23(29)19(11-12-32-2)25-21(27)17-5-3-4-6-18(17)22(25)28/h3-10,19H,11-14H2,1-2H3,(H,24,26)/t19-/m0/s1. The molecule has 0 bridgehead atoms. The number of nitrogens with zero attached hydrogens (tertiary/aromatic N) is 1. The average molecular weight is 457 g/mol. The van der Waals surface area contributed by atoms with Crippen molar-refractivity contribution >= 4 is 35.5 Å². The van der Waals surface area contributed by atoms with Gasteiger partial charge in [0.2, 0.25) is 0 Å². The van der Waals surface area contributed by atoms with Gasteiger partial charge in [-0.15, -0.1) is 0 Å². The lowest BCUT2D eigenvalue weighted by atomic mass is 10.1. The van der Waals surface area contributed by atoms with Gasteiger partial charge in [0, 0.05) is 6.54 Å². The highest BCUT2D eigenvalue weighted by molar-refractivity contribution is 7.98. The highest BCUT2D eigenvalue weighted by Gasteiger charge is 2.43. The van der Waals surface area contributed by atoms with Crippen LogP contribution in [0.4, 0.5) is 0 Å². The van der Waals surface area contributed by atoms with Gasteiger partial charge in [-0.3, -0.25) is 19.3 Å². The first-order chi connectivity index (χ1) is 15.5. The number of rotatable bonds is 10. The van der Waals surface area contributed by atoms with Crippen LogP contribution >= 0.6 is 11.8 Å². The van der Waals surface area contributed by atoms with Crippen LogP contribution < -0.4 is 10.1 Å². The lowest BCUT2D eigenvalue weighted by Crippen LogP contribution is -2.46. The largest absolute Gasteiger partial charge is 0.497 e. The number of carbonyl (C=O) groups is 4. The fraction of sp³-hybridized carbons (Fsp3) is 0.304. The van der Waals surface area contributed by atoms with Gasteiger partial charge in [0.1, 0.15) is 11.8 Å². The quantitative estimate of drug-likeness (QED) is 0.432. The summed E-state index contributed by atoms with van der Waals surface area (Å²) in [5, 5.41) is 2.67. The minimum absolute atomic E-state index is 0.235. The Balaban J connectivity index is 1.59. The van der Waals surface area contributed by atoms with Crippen molar-refractivity contribution in [1.29, 1.82) is 0 Å². The number of hydrogen-bond donors (Lipinski definition) is 1. The van der Waals surface area contributed by atoms with E-state index in [0.29, 0.717) is 11.5 Å². The first kappa shape index (κ1) is 23.3. The zero-order chi connectivity index (χ0) is 23.1. The van der Waals surface area contributed by atoms with Crippen molar-refractivity contribution in [3.63, 3.8) is 0 Å². The second-order valence-corrected chi connectivity index (χ2v) is 8.04. The maximum absolute atomic E-state index is 12.8. The molecule has 168 valence electrons. The van der Waals surface area contributed by atoms with Gasteiger partial charge >= 0.3 is 5.97 Å². The first-order valence-corrected chi connectivity index (χ1v) is 11.4. The van der Waals surface area contributed by atoms with E-state index in [-0.39, 0.29) is 24.1 Å². The van der Waals surface area contributed by atoms with E-state index in [0.717, 1.165) is 10.5 Å². The van der Waals surface area contributed by atoms with Crippen molar-refractivity contribution in [2.75, 3.05) is 25.7 Å². The molecule has 1 heterocycles. The van der Waals surface area contributed by atoms with Crippen LogP contribution in [0.25, 0.3) is 0 Å². The van der Waals surface area contributed by atoms with Crippen LogP contribution in [-0.4, -0.2) is 60.4 Å². The van der Waals surface area contributed by atoms with Crippen molar-refractivity contribution in [1.82, 2.24) is 10.2 Å². The minimum atomic E-state index is -1.09. The third-order valence-electron chi connectivity index (χ3n) is 5.00. The highest BCUT2D eigenvalue weighted by Crippen LogP contribution is 2.26. The van der Waals surface area contributed by atoms with Gasteiger partial charge in [0.15, 0.2) is 6.61 Å². The van der Waals surface area contributed by atoms with Crippen LogP contribution in [0.15, 0.2) is 48.5 Å². The van der Waals surface area contributed by atoms with Gasteiger partial charge in [-0.25, -0.2) is 4.79 Å². The Labute approximate surface area is 190 Å². The van der Waals surface area contributed by atoms with Crippen LogP contribution in [0, 0.1) is 0 Å². The van der Waals surface area contributed by atoms with E-state index in [2.05, 4.69) is 5.32 Å². The lowest BCUT2D eigenvalue weighted by Gasteiger charge is -2.24. The molecule has 8 nitrogen and oxygen atoms in total. The smallest absolute Gasteiger partial charge is 0.329 e. The molecule has 0 saturated carbocycles. The third-order valence-corrected chi connectivity index (χ3v) is 5.64. The van der Waals surface area contributed by atoms with Gasteiger partial charge in [-0.2, -0.15) is 11.8 Å². The van der Waals surface area contributed by atoms with E-state index in [1.807, 2.05) is 18.4 Å². The summed E-state index contributed by atoms with van der Waals surface area (Å²) in [6.07, 6.45) is 2.09. The molecule has 2 aromatic carbocycles. The summed E-state index contributed by atoms with van der Waals surface area (Å²) >= 11 is 1.48. The number of carbonyl (C=O) groups excluding carboxylic acids is 4. The molecule has 0 aromatic heterocycles. The van der Waals surface area contributed by atoms with E-state index < -0.39 is 36.3 Å². The molecule has 32 heavy (non-hydrogen) atoms. The molecule has 3 rings (SSSR count). The van der Waals surface area contributed by atoms with E-state index >= 15 is 0 Å². The van der Waals surface area contributed by atoms with Crippen molar-refractivity contribution in [2.24, 2.45) is 0 Å². The van der Waals surface area contributed by atoms with Crippen LogP contribution in [-0.2, 0) is 20.9 Å². The topological polar surface area (TPSA) is 102 Å².